The van der Waals surface area contributed by atoms with E-state index in [1.807, 2.05) is 0 Å². The molecule has 0 saturated heterocycles. The van der Waals surface area contributed by atoms with Crippen LogP contribution < -0.4 is 5.32 Å². The summed E-state index contributed by atoms with van der Waals surface area (Å²) in [6, 6.07) is 3.34. The summed E-state index contributed by atoms with van der Waals surface area (Å²) < 4.78 is 18.4. The number of anilines is 1. The maximum absolute atomic E-state index is 13.1. The number of ether oxygens (including phenoxy) is 1. The van der Waals surface area contributed by atoms with Gasteiger partial charge in [-0.25, -0.2) is 9.18 Å². The van der Waals surface area contributed by atoms with Gasteiger partial charge in [0.2, 0.25) is 5.91 Å². The third-order valence-electron chi connectivity index (χ3n) is 2.12. The van der Waals surface area contributed by atoms with Gasteiger partial charge < -0.3 is 15.2 Å². The molecule has 6 heteroatoms. The van der Waals surface area contributed by atoms with Crippen molar-refractivity contribution in [3.8, 4) is 0 Å². The Morgan fingerprint density at radius 3 is 2.53 bits per heavy atom. The number of carboxylic acid groups (broad SMARTS) is 1. The van der Waals surface area contributed by atoms with E-state index < -0.39 is 28.9 Å². The van der Waals surface area contributed by atoms with E-state index in [1.165, 1.54) is 6.07 Å². The number of benzene rings is 1. The van der Waals surface area contributed by atoms with Crippen LogP contribution in [0.5, 0.6) is 0 Å². The van der Waals surface area contributed by atoms with Crippen molar-refractivity contribution in [1.29, 1.82) is 0 Å². The fraction of sp³-hybridized carbons (Fsp3) is 0.385. The second-order valence-electron chi connectivity index (χ2n) is 4.95. The zero-order valence-electron chi connectivity index (χ0n) is 11.0. The first-order valence-electron chi connectivity index (χ1n) is 5.66. The van der Waals surface area contributed by atoms with E-state index in [0.29, 0.717) is 0 Å². The molecule has 0 radical (unpaired) electrons. The van der Waals surface area contributed by atoms with Crippen molar-refractivity contribution in [1.82, 2.24) is 0 Å². The molecule has 5 nitrogen and oxygen atoms in total. The summed E-state index contributed by atoms with van der Waals surface area (Å²) in [5.74, 6) is -2.67. The first-order chi connectivity index (χ1) is 8.69. The molecule has 0 fully saturated rings. The van der Waals surface area contributed by atoms with Crippen LogP contribution in [-0.4, -0.2) is 29.2 Å². The van der Waals surface area contributed by atoms with Gasteiger partial charge in [0.05, 0.1) is 11.2 Å². The lowest BCUT2D eigenvalue weighted by atomic mass is 10.2. The lowest BCUT2D eigenvalue weighted by Crippen LogP contribution is -2.27. The molecule has 104 valence electrons. The molecule has 2 N–H and O–H groups in total. The highest BCUT2D eigenvalue weighted by Crippen LogP contribution is 2.15. The number of amides is 1. The van der Waals surface area contributed by atoms with E-state index in [2.05, 4.69) is 5.32 Å². The van der Waals surface area contributed by atoms with E-state index in [-0.39, 0.29) is 12.3 Å². The zero-order valence-corrected chi connectivity index (χ0v) is 11.0. The molecule has 0 atom stereocenters. The van der Waals surface area contributed by atoms with Crippen molar-refractivity contribution in [3.05, 3.63) is 29.6 Å². The van der Waals surface area contributed by atoms with Crippen LogP contribution in [0, 0.1) is 5.82 Å². The van der Waals surface area contributed by atoms with E-state index >= 15 is 0 Å². The van der Waals surface area contributed by atoms with Crippen LogP contribution in [-0.2, 0) is 9.53 Å². The van der Waals surface area contributed by atoms with Gasteiger partial charge in [-0.2, -0.15) is 0 Å². The number of nitrogens with one attached hydrogen (secondary N) is 1. The zero-order chi connectivity index (χ0) is 14.6. The van der Waals surface area contributed by atoms with Crippen molar-refractivity contribution < 1.29 is 23.8 Å². The molecular weight excluding hydrogens is 253 g/mol. The topological polar surface area (TPSA) is 75.6 Å². The fourth-order valence-corrected chi connectivity index (χ4v) is 1.25. The molecule has 0 aliphatic rings. The van der Waals surface area contributed by atoms with Crippen LogP contribution in [0.4, 0.5) is 10.1 Å². The number of aromatic carboxylic acids is 1. The first kappa shape index (κ1) is 15.1. The Morgan fingerprint density at radius 2 is 2.00 bits per heavy atom. The largest absolute Gasteiger partial charge is 0.478 e. The number of carbonyl (C=O) groups excluding carboxylic acids is 1. The number of hydrogen-bond donors (Lipinski definition) is 2. The summed E-state index contributed by atoms with van der Waals surface area (Å²) in [6.45, 7) is 5.26. The normalized spacial score (nSPS) is 11.2. The molecule has 1 aromatic carbocycles. The average Bonchev–Trinajstić information content (AvgIpc) is 2.28. The molecule has 0 spiro atoms. The molecular formula is C13H16FNO4. The Morgan fingerprint density at radius 1 is 1.37 bits per heavy atom. The molecule has 19 heavy (non-hydrogen) atoms. The second-order valence-corrected chi connectivity index (χ2v) is 4.95. The van der Waals surface area contributed by atoms with Crippen molar-refractivity contribution in [2.75, 3.05) is 11.9 Å². The van der Waals surface area contributed by atoms with Gasteiger partial charge in [0, 0.05) is 5.69 Å². The lowest BCUT2D eigenvalue weighted by molar-refractivity contribution is -0.125. The number of hydrogen-bond acceptors (Lipinski definition) is 3. The Kier molecular flexibility index (Phi) is 4.61. The smallest absolute Gasteiger partial charge is 0.338 e. The maximum Gasteiger partial charge on any atom is 0.338 e. The number of carbonyl (C=O) groups is 2. The molecule has 0 bridgehead atoms. The van der Waals surface area contributed by atoms with E-state index in [9.17, 15) is 14.0 Å². The van der Waals surface area contributed by atoms with Gasteiger partial charge in [0.15, 0.2) is 0 Å². The lowest BCUT2D eigenvalue weighted by Gasteiger charge is -2.19. The van der Waals surface area contributed by atoms with E-state index in [1.54, 1.807) is 20.8 Å². The Bertz CT molecular complexity index is 494. The third kappa shape index (κ3) is 5.05. The Labute approximate surface area is 110 Å². The fourth-order valence-electron chi connectivity index (χ4n) is 1.25. The SMILES string of the molecule is CC(C)(C)OCC(=O)Nc1ccc(F)c(C(=O)O)c1. The van der Waals surface area contributed by atoms with Gasteiger partial charge in [0.1, 0.15) is 12.4 Å². The third-order valence-corrected chi connectivity index (χ3v) is 2.12. The molecule has 1 rings (SSSR count). The predicted molar refractivity (Wildman–Crippen MR) is 67.7 cm³/mol. The molecule has 1 amide bonds. The number of carboxylic acids is 1. The molecule has 0 aliphatic heterocycles. The maximum atomic E-state index is 13.1. The minimum absolute atomic E-state index is 0.163. The first-order valence-corrected chi connectivity index (χ1v) is 5.66. The Hall–Kier alpha value is -1.95. The highest BCUT2D eigenvalue weighted by atomic mass is 19.1. The van der Waals surface area contributed by atoms with Crippen molar-refractivity contribution >= 4 is 17.6 Å². The van der Waals surface area contributed by atoms with Crippen molar-refractivity contribution in [3.63, 3.8) is 0 Å². The van der Waals surface area contributed by atoms with Crippen molar-refractivity contribution in [2.45, 2.75) is 26.4 Å². The molecule has 1 aromatic rings. The summed E-state index contributed by atoms with van der Waals surface area (Å²) in [4.78, 5) is 22.3. The van der Waals surface area contributed by atoms with Gasteiger partial charge in [-0.05, 0) is 39.0 Å². The van der Waals surface area contributed by atoms with E-state index in [0.717, 1.165) is 12.1 Å². The average molecular weight is 269 g/mol. The monoisotopic (exact) mass is 269 g/mol. The van der Waals surface area contributed by atoms with E-state index in [4.69, 9.17) is 9.84 Å². The number of rotatable bonds is 4. The second kappa shape index (κ2) is 5.79. The van der Waals surface area contributed by atoms with Gasteiger partial charge in [-0.15, -0.1) is 0 Å². The standard InChI is InChI=1S/C13H16FNO4/c1-13(2,3)19-7-11(16)15-8-4-5-10(14)9(6-8)12(17)18/h4-6H,7H2,1-3H3,(H,15,16)(H,17,18). The van der Waals surface area contributed by atoms with Crippen molar-refractivity contribution in [2.24, 2.45) is 0 Å². The highest BCUT2D eigenvalue weighted by Gasteiger charge is 2.15. The van der Waals surface area contributed by atoms with Crippen LogP contribution in [0.25, 0.3) is 0 Å². The van der Waals surface area contributed by atoms with Crippen LogP contribution in [0.3, 0.4) is 0 Å². The quantitative estimate of drug-likeness (QED) is 0.879. The van der Waals surface area contributed by atoms with Crippen LogP contribution >= 0.6 is 0 Å². The summed E-state index contributed by atoms with van der Waals surface area (Å²) in [6.07, 6.45) is 0. The summed E-state index contributed by atoms with van der Waals surface area (Å²) in [5.41, 5.74) is -0.734. The number of halogens is 1. The van der Waals surface area contributed by atoms with Crippen LogP contribution in [0.1, 0.15) is 31.1 Å². The van der Waals surface area contributed by atoms with Gasteiger partial charge in [-0.1, -0.05) is 0 Å². The minimum atomic E-state index is -1.39. The van der Waals surface area contributed by atoms with Crippen LogP contribution in [0.15, 0.2) is 18.2 Å². The van der Waals surface area contributed by atoms with Gasteiger partial charge in [0.25, 0.3) is 0 Å². The Balaban J connectivity index is 2.70. The molecule has 0 aromatic heterocycles. The van der Waals surface area contributed by atoms with Gasteiger partial charge in [-0.3, -0.25) is 4.79 Å². The molecule has 0 unspecified atom stereocenters. The van der Waals surface area contributed by atoms with Gasteiger partial charge >= 0.3 is 5.97 Å². The predicted octanol–water partition coefficient (Wildman–Crippen LogP) is 2.28. The summed E-state index contributed by atoms with van der Waals surface area (Å²) in [5, 5.41) is 11.2. The molecule has 0 saturated carbocycles. The summed E-state index contributed by atoms with van der Waals surface area (Å²) in [7, 11) is 0. The summed E-state index contributed by atoms with van der Waals surface area (Å²) >= 11 is 0. The molecule has 0 aliphatic carbocycles. The molecule has 0 heterocycles. The highest BCUT2D eigenvalue weighted by molar-refractivity contribution is 5.94. The minimum Gasteiger partial charge on any atom is -0.478 e. The van der Waals surface area contributed by atoms with Crippen LogP contribution in [0.2, 0.25) is 0 Å².